The maximum atomic E-state index is 9.48. The smallest absolute Gasteiger partial charge is 0.119 e. The van der Waals surface area contributed by atoms with Crippen molar-refractivity contribution in [3.05, 3.63) is 29.8 Å². The second-order valence-electron chi connectivity index (χ2n) is 5.22. The molecule has 0 spiro atoms. The van der Waals surface area contributed by atoms with Gasteiger partial charge in [-0.3, -0.25) is 0 Å². The molecule has 0 amide bonds. The minimum atomic E-state index is -0.491. The molecule has 96 valence electrons. The largest absolute Gasteiger partial charge is 0.491 e. The van der Waals surface area contributed by atoms with Crippen LogP contribution in [0.1, 0.15) is 32.8 Å². The van der Waals surface area contributed by atoms with Crippen molar-refractivity contribution in [3.8, 4) is 5.75 Å². The lowest BCUT2D eigenvalue weighted by Gasteiger charge is -2.19. The van der Waals surface area contributed by atoms with Crippen LogP contribution in [-0.4, -0.2) is 23.7 Å². The number of rotatable bonds is 5. The maximum absolute atomic E-state index is 9.48. The third-order valence-corrected chi connectivity index (χ3v) is 2.82. The molecule has 0 heterocycles. The molecule has 0 fully saturated rings. The van der Waals surface area contributed by atoms with Crippen LogP contribution < -0.4 is 4.74 Å². The van der Waals surface area contributed by atoms with E-state index in [0.29, 0.717) is 18.9 Å². The number of benzene rings is 1. The zero-order chi connectivity index (χ0) is 12.9. The van der Waals surface area contributed by atoms with Crippen LogP contribution >= 0.6 is 11.6 Å². The molecule has 0 saturated carbocycles. The van der Waals surface area contributed by atoms with Gasteiger partial charge in [-0.2, -0.15) is 0 Å². The van der Waals surface area contributed by atoms with Gasteiger partial charge >= 0.3 is 0 Å². The van der Waals surface area contributed by atoms with E-state index >= 15 is 0 Å². The van der Waals surface area contributed by atoms with E-state index in [-0.39, 0.29) is 5.41 Å². The van der Waals surface area contributed by atoms with Crippen molar-refractivity contribution in [1.82, 2.24) is 0 Å². The second kappa shape index (κ2) is 6.27. The highest BCUT2D eigenvalue weighted by molar-refractivity contribution is 6.17. The summed E-state index contributed by atoms with van der Waals surface area (Å²) in [5.41, 5.74) is 1.42. The molecule has 0 aliphatic rings. The number of aliphatic hydroxyl groups excluding tert-OH is 1. The van der Waals surface area contributed by atoms with Crippen LogP contribution in [0.25, 0.3) is 0 Å². The van der Waals surface area contributed by atoms with Crippen molar-refractivity contribution < 1.29 is 9.84 Å². The van der Waals surface area contributed by atoms with Gasteiger partial charge in [-0.1, -0.05) is 32.9 Å². The van der Waals surface area contributed by atoms with E-state index in [1.54, 1.807) is 0 Å². The second-order valence-corrected chi connectivity index (χ2v) is 5.59. The molecule has 1 aromatic carbocycles. The van der Waals surface area contributed by atoms with Gasteiger partial charge in [0.25, 0.3) is 0 Å². The molecule has 0 aromatic heterocycles. The first-order valence-electron chi connectivity index (χ1n) is 5.91. The molecule has 1 aromatic rings. The lowest BCUT2D eigenvalue weighted by Crippen LogP contribution is -2.18. The number of halogens is 1. The van der Waals surface area contributed by atoms with Crippen LogP contribution in [-0.2, 0) is 5.41 Å². The van der Waals surface area contributed by atoms with Crippen molar-refractivity contribution in [2.45, 2.75) is 38.7 Å². The van der Waals surface area contributed by atoms with E-state index in [2.05, 4.69) is 32.9 Å². The highest BCUT2D eigenvalue weighted by atomic mass is 35.5. The average Bonchev–Trinajstić information content (AvgIpc) is 2.26. The van der Waals surface area contributed by atoms with Gasteiger partial charge in [0.15, 0.2) is 0 Å². The first-order chi connectivity index (χ1) is 7.93. The fourth-order valence-corrected chi connectivity index (χ4v) is 1.70. The van der Waals surface area contributed by atoms with Gasteiger partial charge < -0.3 is 9.84 Å². The van der Waals surface area contributed by atoms with Crippen molar-refractivity contribution >= 4 is 11.6 Å². The van der Waals surface area contributed by atoms with Gasteiger partial charge in [0.05, 0.1) is 6.10 Å². The Bertz CT molecular complexity index is 327. The lowest BCUT2D eigenvalue weighted by molar-refractivity contribution is 0.105. The number of hydrogen-bond acceptors (Lipinski definition) is 2. The Labute approximate surface area is 109 Å². The molecule has 0 radical (unpaired) electrons. The van der Waals surface area contributed by atoms with Crippen molar-refractivity contribution in [2.75, 3.05) is 12.5 Å². The molecular weight excluding hydrogens is 236 g/mol. The summed E-state index contributed by atoms with van der Waals surface area (Å²) in [7, 11) is 0. The highest BCUT2D eigenvalue weighted by Gasteiger charge is 2.13. The van der Waals surface area contributed by atoms with Crippen molar-refractivity contribution in [2.24, 2.45) is 0 Å². The third-order valence-electron chi connectivity index (χ3n) is 2.61. The standard InChI is InChI=1S/C14H21ClO2/c1-14(2,3)11-4-6-13(7-5-11)17-10-12(16)8-9-15/h4-7,12,16H,8-10H2,1-3H3/t12-/m1/s1. The first-order valence-corrected chi connectivity index (χ1v) is 6.44. The average molecular weight is 257 g/mol. The van der Waals surface area contributed by atoms with Gasteiger partial charge in [-0.15, -0.1) is 11.6 Å². The van der Waals surface area contributed by atoms with Crippen LogP contribution in [0.2, 0.25) is 0 Å². The van der Waals surface area contributed by atoms with E-state index in [0.717, 1.165) is 5.75 Å². The molecule has 0 aliphatic carbocycles. The first kappa shape index (κ1) is 14.3. The van der Waals surface area contributed by atoms with Gasteiger partial charge in [-0.05, 0) is 29.5 Å². The topological polar surface area (TPSA) is 29.5 Å². The van der Waals surface area contributed by atoms with Crippen LogP contribution in [0, 0.1) is 0 Å². The maximum Gasteiger partial charge on any atom is 0.119 e. The van der Waals surface area contributed by atoms with E-state index < -0.39 is 6.10 Å². The van der Waals surface area contributed by atoms with Gasteiger partial charge in [0, 0.05) is 5.88 Å². The van der Waals surface area contributed by atoms with Gasteiger partial charge in [0.2, 0.25) is 0 Å². The van der Waals surface area contributed by atoms with Crippen LogP contribution in [0.4, 0.5) is 0 Å². The summed E-state index contributed by atoms with van der Waals surface area (Å²) in [4.78, 5) is 0. The Morgan fingerprint density at radius 3 is 2.29 bits per heavy atom. The van der Waals surface area contributed by atoms with Crippen molar-refractivity contribution in [1.29, 1.82) is 0 Å². The van der Waals surface area contributed by atoms with E-state index in [4.69, 9.17) is 16.3 Å². The molecule has 17 heavy (non-hydrogen) atoms. The Balaban J connectivity index is 2.51. The summed E-state index contributed by atoms with van der Waals surface area (Å²) in [6.07, 6.45) is 0.0662. The minimum absolute atomic E-state index is 0.149. The fraction of sp³-hybridized carbons (Fsp3) is 0.571. The van der Waals surface area contributed by atoms with Crippen LogP contribution in [0.15, 0.2) is 24.3 Å². The molecule has 0 unspecified atom stereocenters. The molecule has 1 rings (SSSR count). The predicted molar refractivity (Wildman–Crippen MR) is 72.0 cm³/mol. The molecule has 2 nitrogen and oxygen atoms in total. The monoisotopic (exact) mass is 256 g/mol. The quantitative estimate of drug-likeness (QED) is 0.819. The van der Waals surface area contributed by atoms with E-state index in [1.165, 1.54) is 5.56 Å². The number of aliphatic hydroxyl groups is 1. The number of ether oxygens (including phenoxy) is 1. The number of hydrogen-bond donors (Lipinski definition) is 1. The summed E-state index contributed by atoms with van der Waals surface area (Å²) >= 11 is 5.53. The van der Waals surface area contributed by atoms with Gasteiger partial charge in [0.1, 0.15) is 12.4 Å². The summed E-state index contributed by atoms with van der Waals surface area (Å²) in [5, 5.41) is 9.48. The zero-order valence-electron chi connectivity index (χ0n) is 10.7. The normalized spacial score (nSPS) is 13.5. The molecule has 3 heteroatoms. The molecule has 0 aliphatic heterocycles. The molecule has 1 N–H and O–H groups in total. The van der Waals surface area contributed by atoms with Crippen molar-refractivity contribution in [3.63, 3.8) is 0 Å². The van der Waals surface area contributed by atoms with E-state index in [9.17, 15) is 5.11 Å². The highest BCUT2D eigenvalue weighted by Crippen LogP contribution is 2.24. The lowest BCUT2D eigenvalue weighted by atomic mass is 9.87. The van der Waals surface area contributed by atoms with Crippen LogP contribution in [0.5, 0.6) is 5.75 Å². The summed E-state index contributed by atoms with van der Waals surface area (Å²) < 4.78 is 5.48. The number of alkyl halides is 1. The SMILES string of the molecule is CC(C)(C)c1ccc(OC[C@H](O)CCCl)cc1. The Morgan fingerprint density at radius 2 is 1.82 bits per heavy atom. The Kier molecular flexibility index (Phi) is 5.29. The predicted octanol–water partition coefficient (Wildman–Crippen LogP) is 3.35. The van der Waals surface area contributed by atoms with E-state index in [1.807, 2.05) is 12.1 Å². The third kappa shape index (κ3) is 4.97. The molecule has 0 saturated heterocycles. The zero-order valence-corrected chi connectivity index (χ0v) is 11.5. The van der Waals surface area contributed by atoms with Gasteiger partial charge in [-0.25, -0.2) is 0 Å². The molecule has 1 atom stereocenters. The molecule has 0 bridgehead atoms. The minimum Gasteiger partial charge on any atom is -0.491 e. The summed E-state index contributed by atoms with van der Waals surface area (Å²) in [6, 6.07) is 7.99. The summed E-state index contributed by atoms with van der Waals surface area (Å²) in [6.45, 7) is 6.81. The fourth-order valence-electron chi connectivity index (χ4n) is 1.45. The molecular formula is C14H21ClO2. The Morgan fingerprint density at radius 1 is 1.24 bits per heavy atom. The van der Waals surface area contributed by atoms with Crippen LogP contribution in [0.3, 0.4) is 0 Å². The summed E-state index contributed by atoms with van der Waals surface area (Å²) in [5.74, 6) is 1.24. The Hall–Kier alpha value is -0.730.